The lowest BCUT2D eigenvalue weighted by atomic mass is 10.2. The minimum atomic E-state index is -1.01. The molecule has 1 N–H and O–H groups in total. The highest BCUT2D eigenvalue weighted by atomic mass is 19.1. The summed E-state index contributed by atoms with van der Waals surface area (Å²) in [5.41, 5.74) is 0.846. The fourth-order valence-electron chi connectivity index (χ4n) is 1.75. The van der Waals surface area contributed by atoms with E-state index < -0.39 is 11.8 Å². The lowest BCUT2D eigenvalue weighted by molar-refractivity contribution is 0.0685. The van der Waals surface area contributed by atoms with Crippen LogP contribution in [0.2, 0.25) is 0 Å². The zero-order valence-electron chi connectivity index (χ0n) is 9.76. The lowest BCUT2D eigenvalue weighted by Gasteiger charge is -2.08. The van der Waals surface area contributed by atoms with Crippen molar-refractivity contribution < 1.29 is 19.0 Å². The molecule has 1 heterocycles. The van der Waals surface area contributed by atoms with Crippen molar-refractivity contribution in [2.75, 3.05) is 7.11 Å². The summed E-state index contributed by atoms with van der Waals surface area (Å²) in [6.45, 7) is 0.301. The third-order valence-electron chi connectivity index (χ3n) is 2.62. The quantitative estimate of drug-likeness (QED) is 0.905. The van der Waals surface area contributed by atoms with E-state index in [1.54, 1.807) is 22.9 Å². The first-order valence-electron chi connectivity index (χ1n) is 5.32. The molecule has 0 aliphatic heterocycles. The third kappa shape index (κ3) is 2.34. The van der Waals surface area contributed by atoms with Gasteiger partial charge in [0.25, 0.3) is 0 Å². The highest BCUT2D eigenvalue weighted by molar-refractivity contribution is 5.85. The Bertz CT molecular complexity index is 577. The number of hydrogen-bond donors (Lipinski definition) is 1. The van der Waals surface area contributed by atoms with Crippen molar-refractivity contribution in [1.82, 2.24) is 4.57 Å². The average molecular weight is 249 g/mol. The molecule has 0 aliphatic rings. The fourth-order valence-corrected chi connectivity index (χ4v) is 1.75. The van der Waals surface area contributed by atoms with Gasteiger partial charge in [0.15, 0.2) is 11.6 Å². The molecule has 18 heavy (non-hydrogen) atoms. The van der Waals surface area contributed by atoms with E-state index in [9.17, 15) is 9.18 Å². The van der Waals surface area contributed by atoms with E-state index in [-0.39, 0.29) is 11.4 Å². The summed E-state index contributed by atoms with van der Waals surface area (Å²) in [6.07, 6.45) is 1.64. The van der Waals surface area contributed by atoms with E-state index >= 15 is 0 Å². The van der Waals surface area contributed by atoms with E-state index in [2.05, 4.69) is 0 Å². The standard InChI is InChI=1S/C13H12FNO3/c1-18-12-5-4-9(7-10(12)14)8-15-6-2-3-11(15)13(16)17/h2-7H,8H2,1H3,(H,16,17). The zero-order valence-corrected chi connectivity index (χ0v) is 9.76. The lowest BCUT2D eigenvalue weighted by Crippen LogP contribution is -2.08. The van der Waals surface area contributed by atoms with Crippen molar-refractivity contribution in [2.24, 2.45) is 0 Å². The second-order valence-corrected chi connectivity index (χ2v) is 3.80. The first-order chi connectivity index (χ1) is 8.61. The predicted molar refractivity (Wildman–Crippen MR) is 63.4 cm³/mol. The van der Waals surface area contributed by atoms with Gasteiger partial charge in [-0.25, -0.2) is 9.18 Å². The summed E-state index contributed by atoms with van der Waals surface area (Å²) >= 11 is 0. The Hall–Kier alpha value is -2.30. The highest BCUT2D eigenvalue weighted by Gasteiger charge is 2.10. The Morgan fingerprint density at radius 2 is 2.22 bits per heavy atom. The first-order valence-corrected chi connectivity index (χ1v) is 5.32. The number of methoxy groups -OCH3 is 1. The maximum Gasteiger partial charge on any atom is 0.352 e. The van der Waals surface area contributed by atoms with Gasteiger partial charge in [-0.05, 0) is 29.8 Å². The molecule has 4 nitrogen and oxygen atoms in total. The minimum absolute atomic E-state index is 0.171. The fraction of sp³-hybridized carbons (Fsp3) is 0.154. The molecule has 0 saturated heterocycles. The molecule has 0 saturated carbocycles. The second-order valence-electron chi connectivity index (χ2n) is 3.80. The summed E-state index contributed by atoms with van der Waals surface area (Å²) in [5, 5.41) is 8.95. The smallest absolute Gasteiger partial charge is 0.352 e. The van der Waals surface area contributed by atoms with E-state index in [0.29, 0.717) is 12.1 Å². The number of hydrogen-bond acceptors (Lipinski definition) is 2. The molecule has 0 bridgehead atoms. The number of carboxylic acids is 1. The minimum Gasteiger partial charge on any atom is -0.494 e. The number of rotatable bonds is 4. The molecule has 2 rings (SSSR count). The van der Waals surface area contributed by atoms with Gasteiger partial charge >= 0.3 is 5.97 Å². The van der Waals surface area contributed by atoms with Crippen LogP contribution in [0.25, 0.3) is 0 Å². The summed E-state index contributed by atoms with van der Waals surface area (Å²) < 4.78 is 19.9. The van der Waals surface area contributed by atoms with Gasteiger partial charge in [0.2, 0.25) is 0 Å². The van der Waals surface area contributed by atoms with Crippen LogP contribution in [0.15, 0.2) is 36.5 Å². The van der Waals surface area contributed by atoms with Gasteiger partial charge in [0.1, 0.15) is 5.69 Å². The van der Waals surface area contributed by atoms with Gasteiger partial charge in [-0.3, -0.25) is 0 Å². The average Bonchev–Trinajstić information content (AvgIpc) is 2.77. The number of carboxylic acid groups (broad SMARTS) is 1. The van der Waals surface area contributed by atoms with Crippen LogP contribution < -0.4 is 4.74 Å². The number of halogens is 1. The van der Waals surface area contributed by atoms with E-state index in [4.69, 9.17) is 9.84 Å². The third-order valence-corrected chi connectivity index (χ3v) is 2.62. The summed E-state index contributed by atoms with van der Waals surface area (Å²) in [6, 6.07) is 7.71. The molecule has 2 aromatic rings. The Kier molecular flexibility index (Phi) is 3.32. The van der Waals surface area contributed by atoms with Gasteiger partial charge < -0.3 is 14.4 Å². The van der Waals surface area contributed by atoms with E-state index in [1.807, 2.05) is 0 Å². The van der Waals surface area contributed by atoms with Crippen molar-refractivity contribution in [2.45, 2.75) is 6.54 Å². The molecule has 94 valence electrons. The van der Waals surface area contributed by atoms with Crippen LogP contribution in [0, 0.1) is 5.82 Å². The number of carbonyl (C=O) groups is 1. The number of aromatic carboxylic acids is 1. The van der Waals surface area contributed by atoms with Gasteiger partial charge in [0.05, 0.1) is 7.11 Å². The van der Waals surface area contributed by atoms with Crippen LogP contribution in [-0.2, 0) is 6.54 Å². The second kappa shape index (κ2) is 4.91. The Morgan fingerprint density at radius 3 is 2.83 bits per heavy atom. The van der Waals surface area contributed by atoms with E-state index in [0.717, 1.165) is 0 Å². The van der Waals surface area contributed by atoms with Crippen LogP contribution in [-0.4, -0.2) is 22.8 Å². The van der Waals surface area contributed by atoms with Crippen LogP contribution in [0.3, 0.4) is 0 Å². The van der Waals surface area contributed by atoms with Crippen molar-refractivity contribution in [1.29, 1.82) is 0 Å². The maximum atomic E-state index is 13.5. The van der Waals surface area contributed by atoms with Crippen LogP contribution in [0.5, 0.6) is 5.75 Å². The highest BCUT2D eigenvalue weighted by Crippen LogP contribution is 2.18. The number of nitrogens with zero attached hydrogens (tertiary/aromatic N) is 1. The van der Waals surface area contributed by atoms with Gasteiger partial charge in [0, 0.05) is 12.7 Å². The SMILES string of the molecule is COc1ccc(Cn2cccc2C(=O)O)cc1F. The molecule has 0 fully saturated rings. The Labute approximate surface area is 103 Å². The van der Waals surface area contributed by atoms with Gasteiger partial charge in [-0.1, -0.05) is 6.07 Å². The van der Waals surface area contributed by atoms with Crippen molar-refractivity contribution in [3.8, 4) is 5.75 Å². The Morgan fingerprint density at radius 1 is 1.44 bits per heavy atom. The molecule has 0 atom stereocenters. The number of aromatic nitrogens is 1. The molecule has 1 aromatic carbocycles. The zero-order chi connectivity index (χ0) is 13.1. The molecule has 0 unspecified atom stereocenters. The molecule has 0 aliphatic carbocycles. The molecule has 0 radical (unpaired) electrons. The first kappa shape index (κ1) is 12.2. The molecular formula is C13H12FNO3. The predicted octanol–water partition coefficient (Wildman–Crippen LogP) is 2.38. The van der Waals surface area contributed by atoms with Crippen molar-refractivity contribution in [3.63, 3.8) is 0 Å². The van der Waals surface area contributed by atoms with Crippen molar-refractivity contribution >= 4 is 5.97 Å². The number of ether oxygens (including phenoxy) is 1. The van der Waals surface area contributed by atoms with Crippen LogP contribution in [0.4, 0.5) is 4.39 Å². The monoisotopic (exact) mass is 249 g/mol. The number of benzene rings is 1. The molecule has 0 spiro atoms. The normalized spacial score (nSPS) is 10.3. The maximum absolute atomic E-state index is 13.5. The van der Waals surface area contributed by atoms with Gasteiger partial charge in [-0.2, -0.15) is 0 Å². The molecular weight excluding hydrogens is 237 g/mol. The van der Waals surface area contributed by atoms with Crippen molar-refractivity contribution in [3.05, 3.63) is 53.6 Å². The molecule has 5 heteroatoms. The Balaban J connectivity index is 2.26. The van der Waals surface area contributed by atoms with Crippen LogP contribution in [0.1, 0.15) is 16.1 Å². The summed E-state index contributed by atoms with van der Waals surface area (Å²) in [5.74, 6) is -1.29. The summed E-state index contributed by atoms with van der Waals surface area (Å²) in [4.78, 5) is 10.9. The molecule has 0 amide bonds. The van der Waals surface area contributed by atoms with E-state index in [1.165, 1.54) is 25.3 Å². The summed E-state index contributed by atoms with van der Waals surface area (Å²) in [7, 11) is 1.40. The largest absolute Gasteiger partial charge is 0.494 e. The van der Waals surface area contributed by atoms with Gasteiger partial charge in [-0.15, -0.1) is 0 Å². The molecule has 1 aromatic heterocycles. The topological polar surface area (TPSA) is 51.5 Å². The van der Waals surface area contributed by atoms with Crippen LogP contribution >= 0.6 is 0 Å².